The number of nitrogens with two attached hydrogens (primary N) is 1. The number of para-hydroxylation sites is 1. The zero-order chi connectivity index (χ0) is 27.6. The Morgan fingerprint density at radius 1 is 1.03 bits per heavy atom. The zero-order valence-corrected chi connectivity index (χ0v) is 21.9. The van der Waals surface area contributed by atoms with E-state index in [9.17, 15) is 18.0 Å². The molecule has 0 saturated heterocycles. The summed E-state index contributed by atoms with van der Waals surface area (Å²) in [6.45, 7) is 0.368. The fourth-order valence-electron chi connectivity index (χ4n) is 4.50. The summed E-state index contributed by atoms with van der Waals surface area (Å²) in [5, 5.41) is 2.15. The minimum atomic E-state index is -3.91. The van der Waals surface area contributed by atoms with Crippen LogP contribution in [0.25, 0.3) is 21.7 Å². The number of nitrogens with one attached hydrogen (secondary N) is 1. The number of urea groups is 1. The van der Waals surface area contributed by atoms with Crippen molar-refractivity contribution in [1.82, 2.24) is 9.88 Å². The molecule has 0 atom stereocenters. The summed E-state index contributed by atoms with van der Waals surface area (Å²) >= 11 is 0. The Morgan fingerprint density at radius 3 is 2.56 bits per heavy atom. The van der Waals surface area contributed by atoms with Crippen LogP contribution in [0.5, 0.6) is 0 Å². The van der Waals surface area contributed by atoms with Crippen molar-refractivity contribution in [3.8, 4) is 0 Å². The first-order valence-corrected chi connectivity index (χ1v) is 13.6. The zero-order valence-electron chi connectivity index (χ0n) is 21.0. The number of pyridine rings is 1. The highest BCUT2D eigenvalue weighted by Crippen LogP contribution is 2.27. The van der Waals surface area contributed by atoms with Gasteiger partial charge < -0.3 is 10.6 Å². The first kappa shape index (κ1) is 25.8. The third-order valence-corrected chi connectivity index (χ3v) is 7.74. The van der Waals surface area contributed by atoms with Crippen LogP contribution in [0.15, 0.2) is 107 Å². The summed E-state index contributed by atoms with van der Waals surface area (Å²) < 4.78 is 29.1. The number of aliphatic imine (C=N–C) groups is 1. The van der Waals surface area contributed by atoms with Gasteiger partial charge in [0.15, 0.2) is 0 Å². The maximum Gasteiger partial charge on any atom is 0.338 e. The monoisotopic (exact) mass is 539 g/mol. The van der Waals surface area contributed by atoms with E-state index in [-0.39, 0.29) is 10.8 Å². The minimum absolute atomic E-state index is 0.0883. The molecule has 1 aliphatic rings. The predicted octanol–water partition coefficient (Wildman–Crippen LogP) is 4.67. The summed E-state index contributed by atoms with van der Waals surface area (Å²) in [4.78, 5) is 34.0. The van der Waals surface area contributed by atoms with Crippen molar-refractivity contribution in [3.05, 3.63) is 102 Å². The molecule has 0 radical (unpaired) electrons. The van der Waals surface area contributed by atoms with E-state index in [1.54, 1.807) is 66.7 Å². The number of hydrogen-bond acceptors (Lipinski definition) is 5. The Labute approximate surface area is 225 Å². The lowest BCUT2D eigenvalue weighted by molar-refractivity contribution is 0.0809. The summed E-state index contributed by atoms with van der Waals surface area (Å²) in [5.41, 5.74) is 7.85. The van der Waals surface area contributed by atoms with E-state index in [1.807, 2.05) is 30.4 Å². The van der Waals surface area contributed by atoms with Gasteiger partial charge in [-0.3, -0.25) is 14.5 Å². The van der Waals surface area contributed by atoms with E-state index in [4.69, 9.17) is 5.73 Å². The third-order valence-electron chi connectivity index (χ3n) is 6.33. The van der Waals surface area contributed by atoms with E-state index in [0.29, 0.717) is 40.8 Å². The molecule has 1 aliphatic carbocycles. The number of benzene rings is 3. The van der Waals surface area contributed by atoms with E-state index >= 15 is 0 Å². The van der Waals surface area contributed by atoms with Gasteiger partial charge in [0.05, 0.1) is 5.52 Å². The van der Waals surface area contributed by atoms with Crippen molar-refractivity contribution in [2.45, 2.75) is 11.3 Å². The van der Waals surface area contributed by atoms with Gasteiger partial charge in [-0.2, -0.15) is 4.99 Å². The van der Waals surface area contributed by atoms with Crippen molar-refractivity contribution < 1.29 is 18.0 Å². The van der Waals surface area contributed by atoms with Gasteiger partial charge in [0.25, 0.3) is 15.9 Å². The lowest BCUT2D eigenvalue weighted by Gasteiger charge is -2.20. The molecule has 4 aromatic rings. The highest BCUT2D eigenvalue weighted by Gasteiger charge is 2.20. The largest absolute Gasteiger partial charge is 0.350 e. The molecule has 3 amide bonds. The minimum Gasteiger partial charge on any atom is -0.350 e. The van der Waals surface area contributed by atoms with E-state index < -0.39 is 16.1 Å². The number of rotatable bonds is 6. The van der Waals surface area contributed by atoms with Gasteiger partial charge in [-0.05, 0) is 52.8 Å². The average Bonchev–Trinajstić information content (AvgIpc) is 2.92. The molecule has 0 aliphatic heterocycles. The highest BCUT2D eigenvalue weighted by molar-refractivity contribution is 7.93. The lowest BCUT2D eigenvalue weighted by atomic mass is 10.0. The van der Waals surface area contributed by atoms with Crippen LogP contribution in [0.2, 0.25) is 0 Å². The van der Waals surface area contributed by atoms with Gasteiger partial charge in [-0.1, -0.05) is 48.6 Å². The second-order valence-electron chi connectivity index (χ2n) is 9.10. The van der Waals surface area contributed by atoms with Crippen LogP contribution in [-0.2, 0) is 10.0 Å². The van der Waals surface area contributed by atoms with Crippen LogP contribution in [0, 0.1) is 0 Å². The van der Waals surface area contributed by atoms with Gasteiger partial charge in [0.1, 0.15) is 4.90 Å². The van der Waals surface area contributed by atoms with Crippen LogP contribution >= 0.6 is 0 Å². The van der Waals surface area contributed by atoms with Gasteiger partial charge in [0.2, 0.25) is 0 Å². The number of anilines is 1. The van der Waals surface area contributed by atoms with Crippen LogP contribution in [0.3, 0.4) is 0 Å². The van der Waals surface area contributed by atoms with Gasteiger partial charge >= 0.3 is 6.03 Å². The van der Waals surface area contributed by atoms with Crippen molar-refractivity contribution in [3.63, 3.8) is 0 Å². The number of nitrogens with zero attached hydrogens (tertiary/aromatic N) is 3. The first-order valence-electron chi connectivity index (χ1n) is 12.1. The smallest absolute Gasteiger partial charge is 0.338 e. The van der Waals surface area contributed by atoms with E-state index in [2.05, 4.69) is 14.7 Å². The summed E-state index contributed by atoms with van der Waals surface area (Å²) in [6, 6.07) is 18.3. The number of likely N-dealkylation sites (N-methyl/N-ethyl adjacent to an activating group) is 1. The number of fused-ring (bicyclic) bond motifs is 2. The number of carbonyl (C=O) groups is 2. The van der Waals surface area contributed by atoms with Crippen molar-refractivity contribution in [1.29, 1.82) is 0 Å². The number of primary amides is 1. The number of carbonyl (C=O) groups excluding carboxylic acids is 2. The van der Waals surface area contributed by atoms with Crippen LogP contribution in [-0.4, -0.2) is 49.5 Å². The Morgan fingerprint density at radius 2 is 1.79 bits per heavy atom. The molecule has 3 N–H and O–H groups in total. The molecule has 0 spiro atoms. The standard InChI is InChI=1S/C29H25N5O4S/c1-34(18-19-10-12-22(13-11-19)32-29(30)36)28(35)25-8-2-6-21-17-23(14-15-24(21)25)33-39(37,38)26-9-3-5-20-7-4-16-31-27(20)26/h2-12,14-17,33H,13,18H2,1H3,(H2,30,36). The second kappa shape index (κ2) is 10.5. The third kappa shape index (κ3) is 5.55. The molecular formula is C29H25N5O4S. The average molecular weight is 540 g/mol. The SMILES string of the molecule is CN(CC1=CCC(=NC(N)=O)C=C1)C(=O)c1cccc2cc(NS(=O)(=O)c3cccc4cccnc34)ccc12. The molecule has 3 aromatic carbocycles. The Kier molecular flexibility index (Phi) is 6.95. The molecule has 10 heteroatoms. The molecule has 0 saturated carbocycles. The van der Waals surface area contributed by atoms with Crippen LogP contribution in [0.1, 0.15) is 16.8 Å². The molecule has 196 valence electrons. The molecule has 1 aromatic heterocycles. The molecule has 0 unspecified atom stereocenters. The first-order chi connectivity index (χ1) is 18.7. The van der Waals surface area contributed by atoms with Crippen LogP contribution < -0.4 is 10.5 Å². The van der Waals surface area contributed by atoms with E-state index in [1.165, 1.54) is 6.07 Å². The van der Waals surface area contributed by atoms with Gasteiger partial charge in [-0.25, -0.2) is 13.2 Å². The summed E-state index contributed by atoms with van der Waals surface area (Å²) in [6.07, 6.45) is 7.44. The Hall–Kier alpha value is -4.83. The van der Waals surface area contributed by atoms with Crippen molar-refractivity contribution >= 4 is 55.0 Å². The number of allylic oxidation sites excluding steroid dienone is 2. The highest BCUT2D eigenvalue weighted by atomic mass is 32.2. The molecule has 5 rings (SSSR count). The molecule has 0 bridgehead atoms. The van der Waals surface area contributed by atoms with Gasteiger partial charge in [0, 0.05) is 48.6 Å². The summed E-state index contributed by atoms with van der Waals surface area (Å²) in [7, 11) is -2.20. The van der Waals surface area contributed by atoms with E-state index in [0.717, 1.165) is 16.3 Å². The molecule has 0 fully saturated rings. The van der Waals surface area contributed by atoms with Crippen molar-refractivity contribution in [2.75, 3.05) is 18.3 Å². The fourth-order valence-corrected chi connectivity index (χ4v) is 5.73. The lowest BCUT2D eigenvalue weighted by Crippen LogP contribution is -2.29. The molecule has 1 heterocycles. The molecule has 39 heavy (non-hydrogen) atoms. The number of hydrogen-bond donors (Lipinski definition) is 2. The van der Waals surface area contributed by atoms with Crippen LogP contribution in [0.4, 0.5) is 10.5 Å². The predicted molar refractivity (Wildman–Crippen MR) is 152 cm³/mol. The Bertz CT molecular complexity index is 1820. The Balaban J connectivity index is 1.36. The number of amides is 3. The maximum absolute atomic E-state index is 13.3. The van der Waals surface area contributed by atoms with Gasteiger partial charge in [-0.15, -0.1) is 0 Å². The maximum atomic E-state index is 13.3. The van der Waals surface area contributed by atoms with Crippen molar-refractivity contribution in [2.24, 2.45) is 10.7 Å². The molecular weight excluding hydrogens is 514 g/mol. The number of aromatic nitrogens is 1. The quantitative estimate of drug-likeness (QED) is 0.367. The second-order valence-corrected chi connectivity index (χ2v) is 10.7. The fraction of sp³-hybridized carbons (Fsp3) is 0.103. The summed E-state index contributed by atoms with van der Waals surface area (Å²) in [5.74, 6) is -0.179. The topological polar surface area (TPSA) is 135 Å². The normalized spacial score (nSPS) is 14.4. The number of sulfonamides is 1. The molecule has 9 nitrogen and oxygen atoms in total.